The van der Waals surface area contributed by atoms with Gasteiger partial charge in [0.1, 0.15) is 0 Å². The predicted molar refractivity (Wildman–Crippen MR) is 116 cm³/mol. The summed E-state index contributed by atoms with van der Waals surface area (Å²) in [6.07, 6.45) is 3.40. The Labute approximate surface area is 175 Å². The summed E-state index contributed by atoms with van der Waals surface area (Å²) in [7, 11) is 0. The number of hydrogen-bond acceptors (Lipinski definition) is 4. The first-order valence-corrected chi connectivity index (χ1v) is 10.5. The maximum Gasteiger partial charge on any atom is 0.234 e. The van der Waals surface area contributed by atoms with Gasteiger partial charge in [0.25, 0.3) is 0 Å². The number of halogens is 1. The molecule has 0 aliphatic rings. The van der Waals surface area contributed by atoms with E-state index in [1.807, 2.05) is 54.6 Å². The fraction of sp³-hybridized carbons (Fsp3) is 0.150. The highest BCUT2D eigenvalue weighted by Gasteiger charge is 2.08. The fourth-order valence-electron chi connectivity index (χ4n) is 2.48. The molecule has 0 saturated carbocycles. The van der Waals surface area contributed by atoms with Crippen molar-refractivity contribution < 1.29 is 9.59 Å². The first-order chi connectivity index (χ1) is 13.6. The summed E-state index contributed by atoms with van der Waals surface area (Å²) in [4.78, 5) is 24.0. The van der Waals surface area contributed by atoms with Gasteiger partial charge < -0.3 is 10.6 Å². The summed E-state index contributed by atoms with van der Waals surface area (Å²) in [5.74, 6) is 0.0780. The van der Waals surface area contributed by atoms with E-state index >= 15 is 0 Å². The summed E-state index contributed by atoms with van der Waals surface area (Å²) in [5.41, 5.74) is 2.49. The Balaban J connectivity index is 1.39. The van der Waals surface area contributed by atoms with E-state index in [1.165, 1.54) is 11.8 Å². The third-order valence-corrected chi connectivity index (χ3v) is 5.10. The molecule has 144 valence electrons. The number of amides is 2. The predicted octanol–water partition coefficient (Wildman–Crippen LogP) is 4.00. The molecule has 0 spiro atoms. The van der Waals surface area contributed by atoms with Crippen LogP contribution in [-0.4, -0.2) is 33.1 Å². The summed E-state index contributed by atoms with van der Waals surface area (Å²) >= 11 is 4.62. The molecule has 6 nitrogen and oxygen atoms in total. The Bertz CT molecular complexity index is 946. The number of nitrogens with one attached hydrogen (secondary N) is 2. The first-order valence-electron chi connectivity index (χ1n) is 8.58. The lowest BCUT2D eigenvalue weighted by molar-refractivity contribution is -0.114. The van der Waals surface area contributed by atoms with Crippen molar-refractivity contribution in [2.75, 3.05) is 22.1 Å². The van der Waals surface area contributed by atoms with Gasteiger partial charge in [0.15, 0.2) is 0 Å². The maximum absolute atomic E-state index is 12.1. The van der Waals surface area contributed by atoms with Gasteiger partial charge in [-0.1, -0.05) is 52.3 Å². The van der Waals surface area contributed by atoms with Gasteiger partial charge in [-0.3, -0.25) is 14.3 Å². The number of rotatable bonds is 8. The molecule has 1 aromatic heterocycles. The molecule has 0 radical (unpaired) electrons. The van der Waals surface area contributed by atoms with Crippen LogP contribution < -0.4 is 10.6 Å². The standard InChI is InChI=1S/C20H19BrN4O2S/c21-16-7-4-8-17(9-16)23-19(26)13-28-14-20(27)24-18-10-22-25(12-18)11-15-5-2-1-3-6-15/h1-10,12H,11,13-14H2,(H,23,26)(H,24,27). The van der Waals surface area contributed by atoms with Crippen molar-refractivity contribution in [2.24, 2.45) is 0 Å². The Morgan fingerprint density at radius 2 is 1.68 bits per heavy atom. The lowest BCUT2D eigenvalue weighted by Gasteiger charge is -2.06. The molecule has 0 unspecified atom stereocenters. The van der Waals surface area contributed by atoms with Gasteiger partial charge in [-0.25, -0.2) is 0 Å². The second kappa shape index (κ2) is 10.1. The third-order valence-electron chi connectivity index (χ3n) is 3.68. The molecule has 2 aromatic carbocycles. The first kappa shape index (κ1) is 20.2. The van der Waals surface area contributed by atoms with E-state index in [-0.39, 0.29) is 23.3 Å². The fourth-order valence-corrected chi connectivity index (χ4v) is 3.50. The SMILES string of the molecule is O=C(CSCC(=O)Nc1cnn(Cc2ccccc2)c1)Nc1cccc(Br)c1. The van der Waals surface area contributed by atoms with E-state index in [2.05, 4.69) is 31.7 Å². The van der Waals surface area contributed by atoms with Crippen molar-refractivity contribution in [1.29, 1.82) is 0 Å². The number of aromatic nitrogens is 2. The van der Waals surface area contributed by atoms with Crippen molar-refractivity contribution in [3.8, 4) is 0 Å². The number of carbonyl (C=O) groups excluding carboxylic acids is 2. The molecule has 0 saturated heterocycles. The number of benzene rings is 2. The highest BCUT2D eigenvalue weighted by Crippen LogP contribution is 2.16. The lowest BCUT2D eigenvalue weighted by Crippen LogP contribution is -2.18. The van der Waals surface area contributed by atoms with Crippen LogP contribution >= 0.6 is 27.7 Å². The minimum Gasteiger partial charge on any atom is -0.325 e. The van der Waals surface area contributed by atoms with Crippen LogP contribution in [0.4, 0.5) is 11.4 Å². The summed E-state index contributed by atoms with van der Waals surface area (Å²) in [5, 5.41) is 9.85. The zero-order chi connectivity index (χ0) is 19.8. The summed E-state index contributed by atoms with van der Waals surface area (Å²) < 4.78 is 2.66. The van der Waals surface area contributed by atoms with Gasteiger partial charge in [-0.2, -0.15) is 5.10 Å². The van der Waals surface area contributed by atoms with Crippen molar-refractivity contribution in [2.45, 2.75) is 6.54 Å². The van der Waals surface area contributed by atoms with E-state index in [0.29, 0.717) is 12.2 Å². The van der Waals surface area contributed by atoms with E-state index in [9.17, 15) is 9.59 Å². The summed E-state index contributed by atoms with van der Waals surface area (Å²) in [6, 6.07) is 17.3. The van der Waals surface area contributed by atoms with Crippen LogP contribution in [0.2, 0.25) is 0 Å². The molecule has 8 heteroatoms. The molecule has 0 bridgehead atoms. The molecule has 2 N–H and O–H groups in total. The van der Waals surface area contributed by atoms with Crippen LogP contribution in [0, 0.1) is 0 Å². The number of thioether (sulfide) groups is 1. The van der Waals surface area contributed by atoms with Crippen LogP contribution in [0.3, 0.4) is 0 Å². The van der Waals surface area contributed by atoms with Crippen LogP contribution in [0.25, 0.3) is 0 Å². The molecular weight excluding hydrogens is 440 g/mol. The van der Waals surface area contributed by atoms with Gasteiger partial charge >= 0.3 is 0 Å². The quantitative estimate of drug-likeness (QED) is 0.534. The highest BCUT2D eigenvalue weighted by atomic mass is 79.9. The second-order valence-electron chi connectivity index (χ2n) is 6.01. The molecular formula is C20H19BrN4O2S. The van der Waals surface area contributed by atoms with Gasteiger partial charge in [0.05, 0.1) is 29.9 Å². The topological polar surface area (TPSA) is 76.0 Å². The number of hydrogen-bond donors (Lipinski definition) is 2. The Kier molecular flexibility index (Phi) is 7.27. The van der Waals surface area contributed by atoms with Crippen LogP contribution in [0.5, 0.6) is 0 Å². The van der Waals surface area contributed by atoms with Gasteiger partial charge in [-0.15, -0.1) is 11.8 Å². The molecule has 0 fully saturated rings. The van der Waals surface area contributed by atoms with Gasteiger partial charge in [-0.05, 0) is 23.8 Å². The Morgan fingerprint density at radius 1 is 0.964 bits per heavy atom. The van der Waals surface area contributed by atoms with E-state index in [4.69, 9.17) is 0 Å². The molecule has 0 aliphatic heterocycles. The van der Waals surface area contributed by atoms with Gasteiger partial charge in [0, 0.05) is 16.4 Å². The Morgan fingerprint density at radius 3 is 2.39 bits per heavy atom. The van der Waals surface area contributed by atoms with Crippen LogP contribution in [-0.2, 0) is 16.1 Å². The van der Waals surface area contributed by atoms with E-state index in [0.717, 1.165) is 15.7 Å². The largest absolute Gasteiger partial charge is 0.325 e. The molecule has 1 heterocycles. The number of carbonyl (C=O) groups is 2. The minimum absolute atomic E-state index is 0.147. The molecule has 3 rings (SSSR count). The molecule has 0 aliphatic carbocycles. The van der Waals surface area contributed by atoms with Crippen molar-refractivity contribution >= 4 is 50.9 Å². The Hall–Kier alpha value is -2.58. The highest BCUT2D eigenvalue weighted by molar-refractivity contribution is 9.10. The molecule has 0 atom stereocenters. The monoisotopic (exact) mass is 458 g/mol. The second-order valence-corrected chi connectivity index (χ2v) is 7.91. The molecule has 2 amide bonds. The average molecular weight is 459 g/mol. The van der Waals surface area contributed by atoms with Gasteiger partial charge in [0.2, 0.25) is 11.8 Å². The molecule has 3 aromatic rings. The normalized spacial score (nSPS) is 10.5. The maximum atomic E-state index is 12.1. The van der Waals surface area contributed by atoms with Crippen LogP contribution in [0.1, 0.15) is 5.56 Å². The van der Waals surface area contributed by atoms with Crippen molar-refractivity contribution in [3.63, 3.8) is 0 Å². The van der Waals surface area contributed by atoms with E-state index < -0.39 is 0 Å². The van der Waals surface area contributed by atoms with Crippen molar-refractivity contribution in [3.05, 3.63) is 77.0 Å². The van der Waals surface area contributed by atoms with E-state index in [1.54, 1.807) is 17.1 Å². The number of nitrogens with zero attached hydrogens (tertiary/aromatic N) is 2. The smallest absolute Gasteiger partial charge is 0.234 e. The van der Waals surface area contributed by atoms with Crippen molar-refractivity contribution in [1.82, 2.24) is 9.78 Å². The zero-order valence-corrected chi connectivity index (χ0v) is 17.4. The summed E-state index contributed by atoms with van der Waals surface area (Å²) in [6.45, 7) is 0.640. The lowest BCUT2D eigenvalue weighted by atomic mass is 10.2. The average Bonchev–Trinajstić information content (AvgIpc) is 3.09. The minimum atomic E-state index is -0.167. The number of anilines is 2. The third kappa shape index (κ3) is 6.54. The van der Waals surface area contributed by atoms with Crippen LogP contribution in [0.15, 0.2) is 71.5 Å². The zero-order valence-electron chi connectivity index (χ0n) is 15.0. The molecule has 28 heavy (non-hydrogen) atoms.